The van der Waals surface area contributed by atoms with Gasteiger partial charge in [-0.25, -0.2) is 0 Å². The van der Waals surface area contributed by atoms with Gasteiger partial charge in [0.25, 0.3) is 0 Å². The molecule has 0 radical (unpaired) electrons. The highest BCUT2D eigenvalue weighted by Gasteiger charge is 2.26. The van der Waals surface area contributed by atoms with Crippen LogP contribution in [0.4, 0.5) is 0 Å². The van der Waals surface area contributed by atoms with Crippen LogP contribution < -0.4 is 5.32 Å². The lowest BCUT2D eigenvalue weighted by molar-refractivity contribution is 0.155. The molecule has 0 heterocycles. The first-order valence-corrected chi connectivity index (χ1v) is 7.10. The Hall–Kier alpha value is -0.0800. The largest absolute Gasteiger partial charge is 0.396 e. The zero-order chi connectivity index (χ0) is 11.9. The summed E-state index contributed by atoms with van der Waals surface area (Å²) in [6.07, 6.45) is 10.2. The summed E-state index contributed by atoms with van der Waals surface area (Å²) in [6.45, 7) is 5.92. The molecule has 1 fully saturated rings. The molecule has 0 saturated heterocycles. The fraction of sp³-hybridized carbons (Fsp3) is 1.00. The minimum Gasteiger partial charge on any atom is -0.396 e. The summed E-state index contributed by atoms with van der Waals surface area (Å²) in [5.74, 6) is 0. The van der Waals surface area contributed by atoms with Crippen molar-refractivity contribution in [2.24, 2.45) is 5.41 Å². The van der Waals surface area contributed by atoms with Gasteiger partial charge in [0.05, 0.1) is 0 Å². The Morgan fingerprint density at radius 2 is 1.75 bits per heavy atom. The Morgan fingerprint density at radius 3 is 2.25 bits per heavy atom. The fourth-order valence-electron chi connectivity index (χ4n) is 2.85. The van der Waals surface area contributed by atoms with Crippen molar-refractivity contribution in [3.8, 4) is 0 Å². The van der Waals surface area contributed by atoms with Crippen molar-refractivity contribution in [2.75, 3.05) is 13.2 Å². The number of hydrogen-bond acceptors (Lipinski definition) is 2. The van der Waals surface area contributed by atoms with Gasteiger partial charge in [-0.15, -0.1) is 0 Å². The summed E-state index contributed by atoms with van der Waals surface area (Å²) in [7, 11) is 0. The molecule has 96 valence electrons. The van der Waals surface area contributed by atoms with Gasteiger partial charge in [-0.2, -0.15) is 0 Å². The molecule has 0 aromatic carbocycles. The Labute approximate surface area is 101 Å². The van der Waals surface area contributed by atoms with Crippen LogP contribution in [-0.4, -0.2) is 24.3 Å². The van der Waals surface area contributed by atoms with Crippen molar-refractivity contribution in [2.45, 2.75) is 71.3 Å². The van der Waals surface area contributed by atoms with Crippen LogP contribution in [0, 0.1) is 5.41 Å². The molecule has 2 heteroatoms. The van der Waals surface area contributed by atoms with Gasteiger partial charge in [0.15, 0.2) is 0 Å². The molecule has 1 aliphatic rings. The molecule has 1 saturated carbocycles. The van der Waals surface area contributed by atoms with Crippen LogP contribution >= 0.6 is 0 Å². The monoisotopic (exact) mass is 227 g/mol. The third-order valence-electron chi connectivity index (χ3n) is 4.51. The van der Waals surface area contributed by atoms with E-state index in [2.05, 4.69) is 19.2 Å². The van der Waals surface area contributed by atoms with E-state index in [-0.39, 0.29) is 0 Å². The van der Waals surface area contributed by atoms with Crippen LogP contribution in [0.1, 0.15) is 65.2 Å². The lowest BCUT2D eigenvalue weighted by Gasteiger charge is -2.34. The first kappa shape index (κ1) is 14.0. The van der Waals surface area contributed by atoms with Crippen molar-refractivity contribution in [1.29, 1.82) is 0 Å². The first-order valence-electron chi connectivity index (χ1n) is 7.10. The third kappa shape index (κ3) is 4.06. The van der Waals surface area contributed by atoms with Gasteiger partial charge in [0.2, 0.25) is 0 Å². The Kier molecular flexibility index (Phi) is 6.37. The van der Waals surface area contributed by atoms with Crippen LogP contribution in [0.15, 0.2) is 0 Å². The zero-order valence-electron chi connectivity index (χ0n) is 11.1. The van der Waals surface area contributed by atoms with Crippen LogP contribution in [0.5, 0.6) is 0 Å². The predicted octanol–water partition coefficient (Wildman–Crippen LogP) is 3.10. The normalized spacial score (nSPS) is 18.9. The third-order valence-corrected chi connectivity index (χ3v) is 4.51. The first-order chi connectivity index (χ1) is 7.76. The Balaban J connectivity index is 2.35. The molecule has 2 nitrogen and oxygen atoms in total. The van der Waals surface area contributed by atoms with Gasteiger partial charge in [-0.05, 0) is 37.5 Å². The summed E-state index contributed by atoms with van der Waals surface area (Å²) in [4.78, 5) is 0. The second kappa shape index (κ2) is 7.29. The predicted molar refractivity (Wildman–Crippen MR) is 69.6 cm³/mol. The average Bonchev–Trinajstić information content (AvgIpc) is 2.36. The lowest BCUT2D eigenvalue weighted by Crippen LogP contribution is -2.40. The minimum absolute atomic E-state index is 0.326. The van der Waals surface area contributed by atoms with Gasteiger partial charge in [-0.1, -0.05) is 33.1 Å². The molecule has 0 aromatic heterocycles. The minimum atomic E-state index is 0.326. The Morgan fingerprint density at radius 1 is 1.12 bits per heavy atom. The molecule has 0 aliphatic heterocycles. The van der Waals surface area contributed by atoms with E-state index < -0.39 is 0 Å². The average molecular weight is 227 g/mol. The summed E-state index contributed by atoms with van der Waals surface area (Å²) in [6, 6.07) is 0.741. The molecule has 0 bridgehead atoms. The van der Waals surface area contributed by atoms with Gasteiger partial charge in [-0.3, -0.25) is 0 Å². The smallest absolute Gasteiger partial charge is 0.0436 e. The molecule has 0 spiro atoms. The number of aliphatic hydroxyl groups is 1. The molecular weight excluding hydrogens is 198 g/mol. The second-order valence-electron chi connectivity index (χ2n) is 5.40. The molecule has 0 unspecified atom stereocenters. The number of nitrogens with one attached hydrogen (secondary N) is 1. The van der Waals surface area contributed by atoms with Crippen molar-refractivity contribution in [3.05, 3.63) is 0 Å². The summed E-state index contributed by atoms with van der Waals surface area (Å²) < 4.78 is 0. The molecule has 1 aliphatic carbocycles. The SMILES string of the molecule is CCC(CC)(CCO)CNC1CCCCC1. The van der Waals surface area contributed by atoms with Crippen LogP contribution in [-0.2, 0) is 0 Å². The van der Waals surface area contributed by atoms with Crippen LogP contribution in [0.25, 0.3) is 0 Å². The summed E-state index contributed by atoms with van der Waals surface area (Å²) >= 11 is 0. The van der Waals surface area contributed by atoms with Crippen molar-refractivity contribution in [1.82, 2.24) is 5.32 Å². The maximum Gasteiger partial charge on any atom is 0.0436 e. The molecule has 0 atom stereocenters. The molecule has 2 N–H and O–H groups in total. The lowest BCUT2D eigenvalue weighted by atomic mass is 9.79. The maximum atomic E-state index is 9.17. The molecule has 16 heavy (non-hydrogen) atoms. The molecule has 0 amide bonds. The molecule has 0 aromatic rings. The van der Waals surface area contributed by atoms with E-state index in [4.69, 9.17) is 0 Å². The van der Waals surface area contributed by atoms with Gasteiger partial charge < -0.3 is 10.4 Å². The number of aliphatic hydroxyl groups excluding tert-OH is 1. The highest BCUT2D eigenvalue weighted by atomic mass is 16.3. The topological polar surface area (TPSA) is 32.3 Å². The highest BCUT2D eigenvalue weighted by molar-refractivity contribution is 4.82. The maximum absolute atomic E-state index is 9.17. The van der Waals surface area contributed by atoms with E-state index in [1.54, 1.807) is 0 Å². The van der Waals surface area contributed by atoms with E-state index in [0.717, 1.165) is 19.0 Å². The van der Waals surface area contributed by atoms with Crippen molar-refractivity contribution < 1.29 is 5.11 Å². The second-order valence-corrected chi connectivity index (χ2v) is 5.40. The van der Waals surface area contributed by atoms with Crippen molar-refractivity contribution in [3.63, 3.8) is 0 Å². The van der Waals surface area contributed by atoms with Crippen molar-refractivity contribution >= 4 is 0 Å². The van der Waals surface area contributed by atoms with Gasteiger partial charge >= 0.3 is 0 Å². The van der Waals surface area contributed by atoms with Gasteiger partial charge in [0, 0.05) is 19.2 Å². The summed E-state index contributed by atoms with van der Waals surface area (Å²) in [5, 5.41) is 12.9. The fourth-order valence-corrected chi connectivity index (χ4v) is 2.85. The van der Waals surface area contributed by atoms with E-state index in [1.807, 2.05) is 0 Å². The van der Waals surface area contributed by atoms with E-state index in [1.165, 1.54) is 44.9 Å². The summed E-state index contributed by atoms with van der Waals surface area (Å²) in [5.41, 5.74) is 0.326. The number of rotatable bonds is 7. The standard InChI is InChI=1S/C14H29NO/c1-3-14(4-2,10-11-16)12-15-13-8-6-5-7-9-13/h13,15-16H,3-12H2,1-2H3. The van der Waals surface area contributed by atoms with Crippen LogP contribution in [0.3, 0.4) is 0 Å². The quantitative estimate of drug-likeness (QED) is 0.700. The van der Waals surface area contributed by atoms with E-state index in [9.17, 15) is 5.11 Å². The molecule has 1 rings (SSSR count). The van der Waals surface area contributed by atoms with E-state index >= 15 is 0 Å². The number of hydrogen-bond donors (Lipinski definition) is 2. The highest BCUT2D eigenvalue weighted by Crippen LogP contribution is 2.30. The zero-order valence-corrected chi connectivity index (χ0v) is 11.1. The van der Waals surface area contributed by atoms with Crippen LogP contribution in [0.2, 0.25) is 0 Å². The molecular formula is C14H29NO. The van der Waals surface area contributed by atoms with E-state index in [0.29, 0.717) is 12.0 Å². The van der Waals surface area contributed by atoms with Gasteiger partial charge in [0.1, 0.15) is 0 Å². The Bertz CT molecular complexity index is 172.